The van der Waals surface area contributed by atoms with Crippen LogP contribution < -0.4 is 0 Å². The minimum atomic E-state index is -0.701. The lowest BCUT2D eigenvalue weighted by molar-refractivity contribution is -0.483. The van der Waals surface area contributed by atoms with Crippen LogP contribution in [0.1, 0.15) is 23.0 Å². The lowest BCUT2D eigenvalue weighted by Gasteiger charge is -2.20. The Bertz CT molecular complexity index is 658. The molecule has 0 aliphatic rings. The minimum absolute atomic E-state index is 0.419. The molecule has 0 heterocycles. The molecule has 0 bridgehead atoms. The van der Waals surface area contributed by atoms with Crippen LogP contribution in [0.2, 0.25) is 5.02 Å². The first-order valence-corrected chi connectivity index (χ1v) is 6.97. The van der Waals surface area contributed by atoms with E-state index in [1.54, 1.807) is 24.3 Å². The number of hydrogen-bond acceptors (Lipinski definition) is 3. The quantitative estimate of drug-likeness (QED) is 0.461. The van der Waals surface area contributed by atoms with E-state index < -0.39 is 29.1 Å². The number of nitrogens with zero attached hydrogens (tertiary/aromatic N) is 1. The summed E-state index contributed by atoms with van der Waals surface area (Å²) in [7, 11) is 0. The SMILES string of the molecule is O=C[C@@H](c1ccc(Cl)cc1)[C@H](C[N+](=O)[O-])c1ccc(F)cc1. The minimum Gasteiger partial charge on any atom is -0.303 e. The first-order chi connectivity index (χ1) is 10.5. The van der Waals surface area contributed by atoms with E-state index in [2.05, 4.69) is 0 Å². The molecule has 2 rings (SSSR count). The third kappa shape index (κ3) is 3.89. The maximum atomic E-state index is 13.0. The van der Waals surface area contributed by atoms with E-state index in [4.69, 9.17) is 11.6 Å². The summed E-state index contributed by atoms with van der Waals surface area (Å²) < 4.78 is 13.0. The van der Waals surface area contributed by atoms with Gasteiger partial charge in [-0.2, -0.15) is 0 Å². The second kappa shape index (κ2) is 7.13. The van der Waals surface area contributed by atoms with Crippen molar-refractivity contribution in [3.05, 3.63) is 80.6 Å². The van der Waals surface area contributed by atoms with Crippen molar-refractivity contribution < 1.29 is 14.1 Å². The molecule has 2 aromatic carbocycles. The van der Waals surface area contributed by atoms with Crippen LogP contribution in [0.4, 0.5) is 4.39 Å². The fourth-order valence-electron chi connectivity index (χ4n) is 2.39. The average Bonchev–Trinajstić information content (AvgIpc) is 2.49. The standard InChI is InChI=1S/C16H13ClFNO3/c17-13-5-1-12(2-6-13)16(10-20)15(9-19(21)22)11-3-7-14(18)8-4-11/h1-8,10,15-16H,9H2/t15-,16+/m1/s1. The molecule has 22 heavy (non-hydrogen) atoms. The molecule has 0 aliphatic heterocycles. The van der Waals surface area contributed by atoms with Crippen molar-refractivity contribution in [2.75, 3.05) is 6.54 Å². The molecule has 2 aromatic rings. The average molecular weight is 322 g/mol. The number of hydrogen-bond donors (Lipinski definition) is 0. The highest BCUT2D eigenvalue weighted by Crippen LogP contribution is 2.32. The van der Waals surface area contributed by atoms with Crippen molar-refractivity contribution in [3.63, 3.8) is 0 Å². The summed E-state index contributed by atoms with van der Waals surface area (Å²) >= 11 is 5.82. The van der Waals surface area contributed by atoms with Gasteiger partial charge in [0, 0.05) is 9.95 Å². The van der Waals surface area contributed by atoms with Crippen LogP contribution in [0.15, 0.2) is 48.5 Å². The molecule has 0 unspecified atom stereocenters. The fourth-order valence-corrected chi connectivity index (χ4v) is 2.51. The van der Waals surface area contributed by atoms with Gasteiger partial charge in [-0.15, -0.1) is 0 Å². The molecular formula is C16H13ClFNO3. The van der Waals surface area contributed by atoms with Crippen LogP contribution in [0.25, 0.3) is 0 Å². The predicted molar refractivity (Wildman–Crippen MR) is 81.3 cm³/mol. The summed E-state index contributed by atoms with van der Waals surface area (Å²) in [5, 5.41) is 11.5. The highest BCUT2D eigenvalue weighted by Gasteiger charge is 2.29. The van der Waals surface area contributed by atoms with Gasteiger partial charge in [0.05, 0.1) is 11.8 Å². The zero-order chi connectivity index (χ0) is 16.1. The second-order valence-corrected chi connectivity index (χ2v) is 5.32. The summed E-state index contributed by atoms with van der Waals surface area (Å²) in [5.41, 5.74) is 1.18. The Morgan fingerprint density at radius 1 is 1.09 bits per heavy atom. The Morgan fingerprint density at radius 2 is 1.64 bits per heavy atom. The predicted octanol–water partition coefficient (Wildman–Crippen LogP) is 3.82. The van der Waals surface area contributed by atoms with Gasteiger partial charge in [-0.05, 0) is 35.4 Å². The summed E-state index contributed by atoms with van der Waals surface area (Å²) in [4.78, 5) is 22.0. The van der Waals surface area contributed by atoms with E-state index in [0.29, 0.717) is 22.4 Å². The van der Waals surface area contributed by atoms with Crippen molar-refractivity contribution in [2.45, 2.75) is 11.8 Å². The van der Waals surface area contributed by atoms with E-state index in [1.807, 2.05) is 0 Å². The van der Waals surface area contributed by atoms with E-state index in [1.165, 1.54) is 24.3 Å². The Kier molecular flexibility index (Phi) is 5.22. The second-order valence-electron chi connectivity index (χ2n) is 4.89. The zero-order valence-electron chi connectivity index (χ0n) is 11.5. The van der Waals surface area contributed by atoms with Gasteiger partial charge in [0.1, 0.15) is 12.1 Å². The molecule has 0 amide bonds. The molecule has 0 spiro atoms. The topological polar surface area (TPSA) is 60.2 Å². The smallest absolute Gasteiger partial charge is 0.211 e. The third-order valence-corrected chi connectivity index (χ3v) is 3.73. The van der Waals surface area contributed by atoms with E-state index in [0.717, 1.165) is 0 Å². The molecule has 2 atom stereocenters. The van der Waals surface area contributed by atoms with Gasteiger partial charge in [-0.3, -0.25) is 10.1 Å². The molecule has 0 saturated carbocycles. The van der Waals surface area contributed by atoms with Crippen molar-refractivity contribution >= 4 is 17.9 Å². The van der Waals surface area contributed by atoms with E-state index in [9.17, 15) is 19.3 Å². The van der Waals surface area contributed by atoms with Crippen LogP contribution in [0.3, 0.4) is 0 Å². The van der Waals surface area contributed by atoms with Gasteiger partial charge in [0.25, 0.3) is 0 Å². The molecular weight excluding hydrogens is 309 g/mol. The van der Waals surface area contributed by atoms with Crippen LogP contribution in [0, 0.1) is 15.9 Å². The van der Waals surface area contributed by atoms with Gasteiger partial charge in [-0.1, -0.05) is 35.9 Å². The van der Waals surface area contributed by atoms with Crippen molar-refractivity contribution in [3.8, 4) is 0 Å². The third-order valence-electron chi connectivity index (χ3n) is 3.48. The first-order valence-electron chi connectivity index (χ1n) is 6.59. The monoisotopic (exact) mass is 321 g/mol. The normalized spacial score (nSPS) is 13.4. The van der Waals surface area contributed by atoms with E-state index in [-0.39, 0.29) is 0 Å². The largest absolute Gasteiger partial charge is 0.303 e. The molecule has 0 aromatic heterocycles. The number of benzene rings is 2. The Morgan fingerprint density at radius 3 is 2.14 bits per heavy atom. The van der Waals surface area contributed by atoms with E-state index >= 15 is 0 Å². The molecule has 4 nitrogen and oxygen atoms in total. The summed E-state index contributed by atoms with van der Waals surface area (Å²) in [6, 6.07) is 12.0. The number of aldehydes is 1. The number of nitro groups is 1. The van der Waals surface area contributed by atoms with Gasteiger partial charge in [-0.25, -0.2) is 4.39 Å². The van der Waals surface area contributed by atoms with Gasteiger partial charge >= 0.3 is 0 Å². The summed E-state index contributed by atoms with van der Waals surface area (Å²) in [5.74, 6) is -1.81. The van der Waals surface area contributed by atoms with Crippen LogP contribution in [0.5, 0.6) is 0 Å². The van der Waals surface area contributed by atoms with Crippen molar-refractivity contribution in [1.29, 1.82) is 0 Å². The lowest BCUT2D eigenvalue weighted by Crippen LogP contribution is -2.21. The first kappa shape index (κ1) is 16.1. The molecule has 0 radical (unpaired) electrons. The Balaban J connectivity index is 2.41. The number of carbonyl (C=O) groups excluding carboxylic acids is 1. The van der Waals surface area contributed by atoms with Gasteiger partial charge in [0.15, 0.2) is 0 Å². The van der Waals surface area contributed by atoms with Crippen molar-refractivity contribution in [1.82, 2.24) is 0 Å². The fraction of sp³-hybridized carbons (Fsp3) is 0.188. The zero-order valence-corrected chi connectivity index (χ0v) is 12.2. The van der Waals surface area contributed by atoms with Crippen LogP contribution >= 0.6 is 11.6 Å². The Labute approximate surface area is 131 Å². The number of carbonyl (C=O) groups is 1. The van der Waals surface area contributed by atoms with Crippen LogP contribution in [-0.4, -0.2) is 17.8 Å². The molecule has 0 saturated heterocycles. The Hall–Kier alpha value is -2.27. The highest BCUT2D eigenvalue weighted by atomic mass is 35.5. The maximum Gasteiger partial charge on any atom is 0.211 e. The van der Waals surface area contributed by atoms with Gasteiger partial charge in [0.2, 0.25) is 6.54 Å². The van der Waals surface area contributed by atoms with Crippen LogP contribution in [-0.2, 0) is 4.79 Å². The number of halogens is 2. The van der Waals surface area contributed by atoms with Crippen molar-refractivity contribution in [2.24, 2.45) is 0 Å². The maximum absolute atomic E-state index is 13.0. The summed E-state index contributed by atoms with van der Waals surface area (Å²) in [6.07, 6.45) is 0.681. The van der Waals surface area contributed by atoms with Gasteiger partial charge < -0.3 is 4.79 Å². The highest BCUT2D eigenvalue weighted by molar-refractivity contribution is 6.30. The molecule has 0 aliphatic carbocycles. The molecule has 0 fully saturated rings. The lowest BCUT2D eigenvalue weighted by atomic mass is 9.82. The number of rotatable bonds is 6. The summed E-state index contributed by atoms with van der Waals surface area (Å²) in [6.45, 7) is -0.419. The molecule has 0 N–H and O–H groups in total. The molecule has 114 valence electrons. The molecule has 6 heteroatoms.